The second-order valence-corrected chi connectivity index (χ2v) is 6.90. The summed E-state index contributed by atoms with van der Waals surface area (Å²) in [5, 5.41) is 6.72. The Morgan fingerprint density at radius 3 is 3.00 bits per heavy atom. The second kappa shape index (κ2) is 4.86. The van der Waals surface area contributed by atoms with E-state index in [0.29, 0.717) is 10.6 Å². The van der Waals surface area contributed by atoms with E-state index in [1.807, 2.05) is 6.07 Å². The molecule has 2 aromatic heterocycles. The maximum atomic E-state index is 11.7. The van der Waals surface area contributed by atoms with E-state index in [1.165, 1.54) is 18.8 Å². The van der Waals surface area contributed by atoms with Crippen LogP contribution in [0.5, 0.6) is 0 Å². The third-order valence-corrected chi connectivity index (χ3v) is 4.64. The van der Waals surface area contributed by atoms with E-state index in [0.717, 1.165) is 25.3 Å². The fourth-order valence-electron chi connectivity index (χ4n) is 2.55. The number of rotatable bonds is 3. The van der Waals surface area contributed by atoms with E-state index in [-0.39, 0.29) is 5.92 Å². The molecule has 3 heterocycles. The van der Waals surface area contributed by atoms with E-state index >= 15 is 0 Å². The van der Waals surface area contributed by atoms with Crippen molar-refractivity contribution in [1.82, 2.24) is 20.2 Å². The molecule has 106 valence electrons. The van der Waals surface area contributed by atoms with Gasteiger partial charge in [0.25, 0.3) is 0 Å². The maximum absolute atomic E-state index is 11.7. The van der Waals surface area contributed by atoms with Crippen LogP contribution in [0.15, 0.2) is 29.7 Å². The molecular weight excluding hydrogens is 278 g/mol. The zero-order valence-electron chi connectivity index (χ0n) is 11.0. The lowest BCUT2D eigenvalue weighted by molar-refractivity contribution is 0.598. The van der Waals surface area contributed by atoms with Gasteiger partial charge in [-0.2, -0.15) is 5.10 Å². The number of aromatic amines is 1. The molecular formula is C12H15N5O2S. The van der Waals surface area contributed by atoms with Crippen molar-refractivity contribution in [3.05, 3.63) is 30.5 Å². The summed E-state index contributed by atoms with van der Waals surface area (Å²) in [5.41, 5.74) is 0.698. The Hall–Kier alpha value is -1.96. The highest BCUT2D eigenvalue weighted by Crippen LogP contribution is 2.31. The monoisotopic (exact) mass is 293 g/mol. The summed E-state index contributed by atoms with van der Waals surface area (Å²) in [6, 6.07) is 1.85. The average molecular weight is 293 g/mol. The molecule has 1 aliphatic heterocycles. The first-order valence-electron chi connectivity index (χ1n) is 6.30. The summed E-state index contributed by atoms with van der Waals surface area (Å²) in [4.78, 5) is 10.5. The number of nitrogens with one attached hydrogen (secondary N) is 1. The van der Waals surface area contributed by atoms with Crippen molar-refractivity contribution in [2.24, 2.45) is 0 Å². The molecule has 0 spiro atoms. The lowest BCUT2D eigenvalue weighted by Crippen LogP contribution is -2.20. The highest BCUT2D eigenvalue weighted by atomic mass is 32.2. The number of hydrogen-bond acceptors (Lipinski definition) is 6. The molecule has 1 saturated heterocycles. The largest absolute Gasteiger partial charge is 0.356 e. The predicted octanol–water partition coefficient (Wildman–Crippen LogP) is 0.597. The Balaban J connectivity index is 1.83. The van der Waals surface area contributed by atoms with Gasteiger partial charge in [-0.25, -0.2) is 18.4 Å². The van der Waals surface area contributed by atoms with Crippen LogP contribution in [-0.4, -0.2) is 47.9 Å². The van der Waals surface area contributed by atoms with Crippen molar-refractivity contribution in [2.75, 3.05) is 24.2 Å². The van der Waals surface area contributed by atoms with Crippen LogP contribution in [0.25, 0.3) is 0 Å². The van der Waals surface area contributed by atoms with Gasteiger partial charge in [-0.15, -0.1) is 0 Å². The lowest BCUT2D eigenvalue weighted by Gasteiger charge is -2.16. The molecule has 3 rings (SSSR count). The fraction of sp³-hybridized carbons (Fsp3) is 0.417. The summed E-state index contributed by atoms with van der Waals surface area (Å²) >= 11 is 0. The number of hydrogen-bond donors (Lipinski definition) is 1. The van der Waals surface area contributed by atoms with Crippen LogP contribution in [0, 0.1) is 0 Å². The highest BCUT2D eigenvalue weighted by molar-refractivity contribution is 7.90. The summed E-state index contributed by atoms with van der Waals surface area (Å²) < 4.78 is 23.5. The zero-order valence-corrected chi connectivity index (χ0v) is 11.8. The van der Waals surface area contributed by atoms with Crippen LogP contribution in [0.2, 0.25) is 0 Å². The third-order valence-electron chi connectivity index (χ3n) is 3.52. The number of H-pyrrole nitrogens is 1. The third kappa shape index (κ3) is 2.38. The SMILES string of the molecule is CS(=O)(=O)c1cn[nH]c1[C@H]1CCN(c2ccncn2)C1. The van der Waals surface area contributed by atoms with Crippen LogP contribution >= 0.6 is 0 Å². The van der Waals surface area contributed by atoms with Crippen molar-refractivity contribution >= 4 is 15.7 Å². The van der Waals surface area contributed by atoms with Crippen molar-refractivity contribution in [2.45, 2.75) is 17.2 Å². The molecule has 8 heteroatoms. The fourth-order valence-corrected chi connectivity index (χ4v) is 3.40. The van der Waals surface area contributed by atoms with Gasteiger partial charge in [-0.3, -0.25) is 5.10 Å². The maximum Gasteiger partial charge on any atom is 0.178 e. The van der Waals surface area contributed by atoms with E-state index in [1.54, 1.807) is 6.20 Å². The van der Waals surface area contributed by atoms with Crippen LogP contribution in [-0.2, 0) is 9.84 Å². The van der Waals surface area contributed by atoms with Crippen LogP contribution in [0.4, 0.5) is 5.82 Å². The molecule has 0 unspecified atom stereocenters. The minimum absolute atomic E-state index is 0.122. The molecule has 20 heavy (non-hydrogen) atoms. The Morgan fingerprint density at radius 1 is 1.45 bits per heavy atom. The molecule has 1 fully saturated rings. The van der Waals surface area contributed by atoms with Crippen molar-refractivity contribution < 1.29 is 8.42 Å². The zero-order chi connectivity index (χ0) is 14.2. The van der Waals surface area contributed by atoms with E-state index in [4.69, 9.17) is 0 Å². The molecule has 0 saturated carbocycles. The van der Waals surface area contributed by atoms with Crippen LogP contribution < -0.4 is 4.90 Å². The Labute approximate surface area is 117 Å². The van der Waals surface area contributed by atoms with Gasteiger partial charge in [0.2, 0.25) is 0 Å². The van der Waals surface area contributed by atoms with Gasteiger partial charge in [0.1, 0.15) is 17.0 Å². The molecule has 1 atom stereocenters. The molecule has 2 aromatic rings. The number of nitrogens with zero attached hydrogens (tertiary/aromatic N) is 4. The first-order chi connectivity index (χ1) is 9.55. The van der Waals surface area contributed by atoms with Gasteiger partial charge < -0.3 is 4.90 Å². The highest BCUT2D eigenvalue weighted by Gasteiger charge is 2.30. The molecule has 0 aromatic carbocycles. The number of aromatic nitrogens is 4. The smallest absolute Gasteiger partial charge is 0.178 e. The first-order valence-corrected chi connectivity index (χ1v) is 8.19. The number of anilines is 1. The van der Waals surface area contributed by atoms with E-state index in [9.17, 15) is 8.42 Å². The van der Waals surface area contributed by atoms with Crippen molar-refractivity contribution in [1.29, 1.82) is 0 Å². The van der Waals surface area contributed by atoms with E-state index in [2.05, 4.69) is 25.1 Å². The van der Waals surface area contributed by atoms with Crippen LogP contribution in [0.3, 0.4) is 0 Å². The van der Waals surface area contributed by atoms with Crippen LogP contribution in [0.1, 0.15) is 18.0 Å². The molecule has 1 N–H and O–H groups in total. The Bertz CT molecular complexity index is 698. The molecule has 0 aliphatic carbocycles. The topological polar surface area (TPSA) is 91.8 Å². The average Bonchev–Trinajstić information content (AvgIpc) is 3.08. The molecule has 7 nitrogen and oxygen atoms in total. The van der Waals surface area contributed by atoms with E-state index < -0.39 is 9.84 Å². The summed E-state index contributed by atoms with van der Waals surface area (Å²) in [6.07, 6.45) is 6.68. The Kier molecular flexibility index (Phi) is 3.17. The molecule has 1 aliphatic rings. The molecule has 0 radical (unpaired) electrons. The van der Waals surface area contributed by atoms with Gasteiger partial charge >= 0.3 is 0 Å². The molecule has 0 amide bonds. The quantitative estimate of drug-likeness (QED) is 0.891. The second-order valence-electron chi connectivity index (χ2n) is 4.92. The van der Waals surface area contributed by atoms with Gasteiger partial charge in [0, 0.05) is 31.5 Å². The Morgan fingerprint density at radius 2 is 2.30 bits per heavy atom. The van der Waals surface area contributed by atoms with Crippen molar-refractivity contribution in [3.8, 4) is 0 Å². The molecule has 0 bridgehead atoms. The number of sulfone groups is 1. The first kappa shape index (κ1) is 13.0. The standard InChI is InChI=1S/C12H15N5O2S/c1-20(18,19)10-6-15-16-12(10)9-3-5-17(7-9)11-2-4-13-8-14-11/h2,4,6,8-9H,3,5,7H2,1H3,(H,15,16)/t9-/m0/s1. The summed E-state index contributed by atoms with van der Waals surface area (Å²) in [6.45, 7) is 1.56. The minimum atomic E-state index is -3.25. The van der Waals surface area contributed by atoms with Gasteiger partial charge in [-0.05, 0) is 12.5 Å². The normalized spacial score (nSPS) is 19.4. The summed E-state index contributed by atoms with van der Waals surface area (Å²) in [7, 11) is -3.25. The predicted molar refractivity (Wildman–Crippen MR) is 73.3 cm³/mol. The van der Waals surface area contributed by atoms with Gasteiger partial charge in [-0.1, -0.05) is 0 Å². The minimum Gasteiger partial charge on any atom is -0.356 e. The summed E-state index contributed by atoms with van der Waals surface area (Å²) in [5.74, 6) is 0.986. The van der Waals surface area contributed by atoms with Gasteiger partial charge in [0.05, 0.1) is 11.9 Å². The van der Waals surface area contributed by atoms with Crippen molar-refractivity contribution in [3.63, 3.8) is 0 Å². The van der Waals surface area contributed by atoms with Gasteiger partial charge in [0.15, 0.2) is 9.84 Å². The lowest BCUT2D eigenvalue weighted by atomic mass is 10.1.